The predicted octanol–water partition coefficient (Wildman–Crippen LogP) is 4.69. The van der Waals surface area contributed by atoms with Crippen molar-refractivity contribution in [3.05, 3.63) is 60.6 Å². The molecule has 1 amide bonds. The number of carbonyl (C=O) groups is 1. The van der Waals surface area contributed by atoms with Crippen LogP contribution in [0.15, 0.2) is 53.5 Å². The number of hydrogen-bond acceptors (Lipinski definition) is 7. The van der Waals surface area contributed by atoms with Crippen LogP contribution in [0.4, 0.5) is 9.18 Å². The molecule has 40 heavy (non-hydrogen) atoms. The number of rotatable bonds is 3. The zero-order chi connectivity index (χ0) is 28.2. The van der Waals surface area contributed by atoms with E-state index < -0.39 is 15.4 Å². The number of benzene rings is 1. The van der Waals surface area contributed by atoms with Crippen LogP contribution < -0.4 is 0 Å². The molecule has 0 N–H and O–H groups in total. The maximum absolute atomic E-state index is 13.7. The van der Waals surface area contributed by atoms with Crippen LogP contribution in [0, 0.1) is 23.6 Å². The van der Waals surface area contributed by atoms with Gasteiger partial charge < -0.3 is 18.6 Å². The second-order valence-electron chi connectivity index (χ2n) is 11.2. The van der Waals surface area contributed by atoms with Gasteiger partial charge in [-0.1, -0.05) is 18.1 Å². The van der Waals surface area contributed by atoms with Crippen molar-refractivity contribution < 1.29 is 26.8 Å². The van der Waals surface area contributed by atoms with E-state index in [0.29, 0.717) is 35.6 Å². The molecule has 6 rings (SSSR count). The maximum Gasteiger partial charge on any atom is 0.410 e. The van der Waals surface area contributed by atoms with Crippen LogP contribution >= 0.6 is 0 Å². The van der Waals surface area contributed by atoms with Crippen LogP contribution in [-0.4, -0.2) is 64.1 Å². The number of aromatic nitrogens is 3. The molecule has 0 atom stereocenters. The second-order valence-corrected chi connectivity index (χ2v) is 13.3. The van der Waals surface area contributed by atoms with Crippen molar-refractivity contribution in [1.82, 2.24) is 19.4 Å². The quantitative estimate of drug-likeness (QED) is 0.334. The first-order valence-corrected chi connectivity index (χ1v) is 14.7. The summed E-state index contributed by atoms with van der Waals surface area (Å²) < 4.78 is 50.5. The second kappa shape index (κ2) is 9.48. The van der Waals surface area contributed by atoms with Gasteiger partial charge in [0.15, 0.2) is 15.6 Å². The third-order valence-corrected chi connectivity index (χ3v) is 8.62. The highest BCUT2D eigenvalue weighted by Gasteiger charge is 2.35. The highest BCUT2D eigenvalue weighted by Crippen LogP contribution is 2.38. The van der Waals surface area contributed by atoms with Crippen molar-refractivity contribution in [1.29, 1.82) is 0 Å². The Labute approximate surface area is 230 Å². The van der Waals surface area contributed by atoms with Gasteiger partial charge in [-0.25, -0.2) is 27.6 Å². The Morgan fingerprint density at radius 3 is 2.48 bits per heavy atom. The summed E-state index contributed by atoms with van der Waals surface area (Å²) in [4.78, 5) is 22.6. The summed E-state index contributed by atoms with van der Waals surface area (Å²) >= 11 is 0. The molecule has 0 bridgehead atoms. The summed E-state index contributed by atoms with van der Waals surface area (Å²) in [5.74, 6) is 6.41. The fraction of sp³-hybridized carbons (Fsp3) is 0.345. The molecular weight excluding hydrogens is 535 g/mol. The summed E-state index contributed by atoms with van der Waals surface area (Å²) in [6, 6.07) is 7.73. The average Bonchev–Trinajstić information content (AvgIpc) is 3.45. The molecule has 2 saturated heterocycles. The number of sulfone groups is 1. The molecule has 0 spiro atoms. The molecule has 5 heterocycles. The lowest BCUT2D eigenvalue weighted by Crippen LogP contribution is -2.51. The first kappa shape index (κ1) is 26.1. The van der Waals surface area contributed by atoms with Crippen molar-refractivity contribution in [3.63, 3.8) is 0 Å². The summed E-state index contributed by atoms with van der Waals surface area (Å²) in [6.45, 7) is 6.46. The fourth-order valence-electron chi connectivity index (χ4n) is 4.79. The largest absolute Gasteiger partial charge is 0.444 e. The number of carbonyl (C=O) groups excluding carboxylic acids is 1. The van der Waals surface area contributed by atoms with Crippen LogP contribution in [0.2, 0.25) is 0 Å². The molecule has 0 aliphatic carbocycles. The molecular formula is C29H27FN4O5S. The fourth-order valence-corrected chi connectivity index (χ4v) is 6.21. The number of fused-ring (bicyclic) bond motifs is 1. The van der Waals surface area contributed by atoms with Gasteiger partial charge in [0.2, 0.25) is 5.71 Å². The molecule has 0 saturated carbocycles. The topological polar surface area (TPSA) is 108 Å². The molecule has 0 unspecified atom stereocenters. The van der Waals surface area contributed by atoms with Gasteiger partial charge >= 0.3 is 6.09 Å². The first-order valence-electron chi connectivity index (χ1n) is 12.9. The lowest BCUT2D eigenvalue weighted by atomic mass is 10.0. The average molecular weight is 563 g/mol. The van der Waals surface area contributed by atoms with Gasteiger partial charge in [0.05, 0.1) is 34.5 Å². The summed E-state index contributed by atoms with van der Waals surface area (Å²) in [6.07, 6.45) is 4.81. The third-order valence-electron chi connectivity index (χ3n) is 6.83. The van der Waals surface area contributed by atoms with Crippen LogP contribution in [0.25, 0.3) is 33.5 Å². The molecule has 2 aliphatic rings. The minimum absolute atomic E-state index is 0.00384. The predicted molar refractivity (Wildman–Crippen MR) is 146 cm³/mol. The molecule has 4 aromatic rings. The summed E-state index contributed by atoms with van der Waals surface area (Å²) in [5, 5.41) is 0.651. The number of nitrogens with zero attached hydrogens (tertiary/aromatic N) is 4. The molecule has 1 aromatic carbocycles. The summed E-state index contributed by atoms with van der Waals surface area (Å²) in [5.41, 5.74) is 2.72. The van der Waals surface area contributed by atoms with Gasteiger partial charge in [-0.2, -0.15) is 0 Å². The van der Waals surface area contributed by atoms with Gasteiger partial charge in [-0.3, -0.25) is 0 Å². The van der Waals surface area contributed by atoms with Gasteiger partial charge in [-0.05, 0) is 44.4 Å². The van der Waals surface area contributed by atoms with Crippen molar-refractivity contribution in [2.24, 2.45) is 5.92 Å². The maximum atomic E-state index is 13.7. The normalized spacial score (nSPS) is 17.1. The minimum Gasteiger partial charge on any atom is -0.444 e. The Bertz CT molecular complexity index is 1770. The summed E-state index contributed by atoms with van der Waals surface area (Å²) in [7, 11) is -3.03. The van der Waals surface area contributed by atoms with Gasteiger partial charge in [0.25, 0.3) is 0 Å². The number of ether oxygens (including phenoxy) is 1. The van der Waals surface area contributed by atoms with E-state index in [1.807, 2.05) is 37.7 Å². The van der Waals surface area contributed by atoms with E-state index in [1.165, 1.54) is 18.5 Å². The Morgan fingerprint density at radius 2 is 1.80 bits per heavy atom. The molecule has 0 radical (unpaired) electrons. The number of hydrogen-bond donors (Lipinski definition) is 0. The number of amides is 1. The Kier molecular flexibility index (Phi) is 6.18. The van der Waals surface area contributed by atoms with Gasteiger partial charge in [-0.15, -0.1) is 0 Å². The van der Waals surface area contributed by atoms with E-state index >= 15 is 0 Å². The Hall–Kier alpha value is -4.17. The highest BCUT2D eigenvalue weighted by molar-refractivity contribution is 7.92. The highest BCUT2D eigenvalue weighted by atomic mass is 32.2. The van der Waals surface area contributed by atoms with E-state index in [2.05, 4.69) is 21.8 Å². The van der Waals surface area contributed by atoms with E-state index in [4.69, 9.17) is 9.15 Å². The van der Waals surface area contributed by atoms with E-state index in [-0.39, 0.29) is 35.4 Å². The molecule has 2 aliphatic heterocycles. The number of halogens is 1. The molecule has 206 valence electrons. The smallest absolute Gasteiger partial charge is 0.410 e. The third kappa shape index (κ3) is 5.19. The molecule has 2 fully saturated rings. The van der Waals surface area contributed by atoms with Crippen LogP contribution in [0.5, 0.6) is 0 Å². The van der Waals surface area contributed by atoms with Gasteiger partial charge in [0.1, 0.15) is 17.7 Å². The Morgan fingerprint density at radius 1 is 1.10 bits per heavy atom. The standard InChI is InChI=1S/C29H27FN4O5S/c1-29(2,3)39-28(35)34-11-18(12-34)4-9-22-10-23-26(31-17-32-27(23)38-22)25-14-33(21-15-40(36,37)16-21)13-24(25)19-5-7-20(30)8-6-19/h5-8,10,13-14,17-18,21H,11-12,15-16H2,1-3H3. The first-order chi connectivity index (χ1) is 18.9. The zero-order valence-corrected chi connectivity index (χ0v) is 23.0. The van der Waals surface area contributed by atoms with Crippen molar-refractivity contribution >= 4 is 27.0 Å². The van der Waals surface area contributed by atoms with Crippen LogP contribution in [0.1, 0.15) is 32.6 Å². The van der Waals surface area contributed by atoms with E-state index in [1.54, 1.807) is 23.1 Å². The Balaban J connectivity index is 1.29. The molecule has 9 nitrogen and oxygen atoms in total. The van der Waals surface area contributed by atoms with Crippen molar-refractivity contribution in [2.45, 2.75) is 32.4 Å². The lowest BCUT2D eigenvalue weighted by Gasteiger charge is -2.37. The molecule has 3 aromatic heterocycles. The number of likely N-dealkylation sites (tertiary alicyclic amines) is 1. The van der Waals surface area contributed by atoms with Crippen LogP contribution in [-0.2, 0) is 14.6 Å². The number of furan rings is 1. The lowest BCUT2D eigenvalue weighted by molar-refractivity contribution is 0.00591. The SMILES string of the molecule is CC(C)(C)OC(=O)N1CC(C#Cc2cc3c(-c4cn(C5CS(=O)(=O)C5)cc4-c4ccc(F)cc4)ncnc3o2)C1. The monoisotopic (exact) mass is 562 g/mol. The minimum atomic E-state index is -3.03. The van der Waals surface area contributed by atoms with E-state index in [0.717, 1.165) is 16.7 Å². The van der Waals surface area contributed by atoms with Crippen molar-refractivity contribution in [3.8, 4) is 34.2 Å². The van der Waals surface area contributed by atoms with Crippen LogP contribution in [0.3, 0.4) is 0 Å². The van der Waals surface area contributed by atoms with Gasteiger partial charge in [0, 0.05) is 42.7 Å². The molecule has 11 heteroatoms. The van der Waals surface area contributed by atoms with Crippen molar-refractivity contribution in [2.75, 3.05) is 24.6 Å². The van der Waals surface area contributed by atoms with E-state index in [9.17, 15) is 17.6 Å². The zero-order valence-electron chi connectivity index (χ0n) is 22.2.